The van der Waals surface area contributed by atoms with Crippen LogP contribution in [0.15, 0.2) is 43.0 Å². The molecule has 0 spiro atoms. The number of carboxylic acids is 1. The Morgan fingerprint density at radius 2 is 1.88 bits per heavy atom. The van der Waals surface area contributed by atoms with Crippen LogP contribution in [0.4, 0.5) is 10.6 Å². The van der Waals surface area contributed by atoms with Gasteiger partial charge in [0.25, 0.3) is 0 Å². The van der Waals surface area contributed by atoms with Gasteiger partial charge in [-0.2, -0.15) is 0 Å². The number of rotatable bonds is 7. The van der Waals surface area contributed by atoms with E-state index in [2.05, 4.69) is 25.6 Å². The van der Waals surface area contributed by atoms with Crippen LogP contribution in [0, 0.1) is 0 Å². The van der Waals surface area contributed by atoms with Gasteiger partial charge in [0.15, 0.2) is 29.5 Å². The summed E-state index contributed by atoms with van der Waals surface area (Å²) in [4.78, 5) is 36.0. The molecule has 5 atom stereocenters. The number of carbonyl (C=O) groups excluding carboxylic acids is 1. The highest BCUT2D eigenvalue weighted by Gasteiger charge is 2.53. The number of nitrogens with zero attached hydrogens (tertiary/aromatic N) is 4. The Labute approximate surface area is 194 Å². The molecule has 12 nitrogen and oxygen atoms in total. The van der Waals surface area contributed by atoms with Crippen molar-refractivity contribution in [1.82, 2.24) is 24.8 Å². The molecule has 12 heteroatoms. The Morgan fingerprint density at radius 3 is 2.65 bits per heavy atom. The predicted molar refractivity (Wildman–Crippen MR) is 118 cm³/mol. The third-order valence-corrected chi connectivity index (χ3v) is 5.76. The van der Waals surface area contributed by atoms with Gasteiger partial charge in [0, 0.05) is 18.5 Å². The first-order valence-electron chi connectivity index (χ1n) is 11.0. The monoisotopic (exact) mass is 468 g/mol. The van der Waals surface area contributed by atoms with E-state index in [9.17, 15) is 14.7 Å². The molecule has 2 aliphatic rings. The quantitative estimate of drug-likeness (QED) is 0.474. The number of hydrogen-bond donors (Lipinski definition) is 3. The molecule has 3 aromatic rings. The molecule has 2 saturated heterocycles. The topological polar surface area (TPSA) is 150 Å². The van der Waals surface area contributed by atoms with Crippen LogP contribution in [0.3, 0.4) is 0 Å². The first-order valence-corrected chi connectivity index (χ1v) is 11.0. The number of carboxylic acid groups (broad SMARTS) is 1. The number of nitrogens with one attached hydrogen (secondary N) is 2. The molecule has 0 radical (unpaired) electrons. The Morgan fingerprint density at radius 1 is 1.09 bits per heavy atom. The minimum atomic E-state index is -0.913. The maximum absolute atomic E-state index is 12.0. The number of aliphatic carboxylic acids is 1. The molecule has 2 aromatic heterocycles. The summed E-state index contributed by atoms with van der Waals surface area (Å²) >= 11 is 0. The molecule has 0 saturated carbocycles. The van der Waals surface area contributed by atoms with E-state index in [0.717, 1.165) is 5.56 Å². The molecule has 0 aliphatic carbocycles. The zero-order chi connectivity index (χ0) is 23.7. The van der Waals surface area contributed by atoms with E-state index >= 15 is 0 Å². The van der Waals surface area contributed by atoms with Crippen LogP contribution in [-0.2, 0) is 19.0 Å². The third kappa shape index (κ3) is 4.18. The second-order valence-electron chi connectivity index (χ2n) is 7.97. The van der Waals surface area contributed by atoms with Crippen molar-refractivity contribution < 1.29 is 28.9 Å². The van der Waals surface area contributed by atoms with Gasteiger partial charge in [-0.1, -0.05) is 30.3 Å². The molecule has 5 rings (SSSR count). The number of urea groups is 1. The van der Waals surface area contributed by atoms with Crippen LogP contribution in [0.25, 0.3) is 11.2 Å². The molecule has 1 aromatic carbocycles. The lowest BCUT2D eigenvalue weighted by molar-refractivity contribution is -0.151. The van der Waals surface area contributed by atoms with E-state index in [1.54, 1.807) is 10.9 Å². The van der Waals surface area contributed by atoms with E-state index in [1.807, 2.05) is 37.3 Å². The maximum atomic E-state index is 12.0. The van der Waals surface area contributed by atoms with Crippen LogP contribution in [0.2, 0.25) is 0 Å². The zero-order valence-electron chi connectivity index (χ0n) is 18.3. The van der Waals surface area contributed by atoms with Gasteiger partial charge in [0.05, 0.1) is 12.4 Å². The third-order valence-electron chi connectivity index (χ3n) is 5.76. The van der Waals surface area contributed by atoms with Crippen molar-refractivity contribution in [3.63, 3.8) is 0 Å². The fourth-order valence-electron chi connectivity index (χ4n) is 4.27. The van der Waals surface area contributed by atoms with E-state index in [-0.39, 0.29) is 18.7 Å². The largest absolute Gasteiger partial charge is 0.481 e. The predicted octanol–water partition coefficient (Wildman–Crippen LogP) is 2.21. The van der Waals surface area contributed by atoms with Crippen LogP contribution in [-0.4, -0.2) is 61.5 Å². The molecule has 2 aliphatic heterocycles. The number of ether oxygens (including phenoxy) is 3. The summed E-state index contributed by atoms with van der Waals surface area (Å²) in [6, 6.07) is 9.12. The van der Waals surface area contributed by atoms with Crippen molar-refractivity contribution in [1.29, 1.82) is 0 Å². The molecule has 4 heterocycles. The number of anilines is 1. The zero-order valence-corrected chi connectivity index (χ0v) is 18.3. The van der Waals surface area contributed by atoms with Crippen molar-refractivity contribution in [3.8, 4) is 0 Å². The van der Waals surface area contributed by atoms with E-state index < -0.39 is 42.8 Å². The van der Waals surface area contributed by atoms with Crippen LogP contribution >= 0.6 is 0 Å². The molecule has 34 heavy (non-hydrogen) atoms. The van der Waals surface area contributed by atoms with Gasteiger partial charge in [0.1, 0.15) is 18.5 Å². The minimum absolute atomic E-state index is 0.0621. The number of fused-ring (bicyclic) bond motifs is 2. The van der Waals surface area contributed by atoms with Crippen molar-refractivity contribution >= 4 is 29.0 Å². The highest BCUT2D eigenvalue weighted by molar-refractivity contribution is 5.95. The smallest absolute Gasteiger partial charge is 0.320 e. The SMILES string of the molecule is CCNC(=O)Nc1ncnc2c1ncn2C1OC(CCC(=O)O)C2OC(c3ccccc3)OC21. The summed E-state index contributed by atoms with van der Waals surface area (Å²) < 4.78 is 20.4. The van der Waals surface area contributed by atoms with Crippen molar-refractivity contribution in [2.45, 2.75) is 50.6 Å². The summed E-state index contributed by atoms with van der Waals surface area (Å²) in [5, 5.41) is 14.5. The number of amides is 2. The van der Waals surface area contributed by atoms with Crippen molar-refractivity contribution in [2.24, 2.45) is 0 Å². The van der Waals surface area contributed by atoms with Crippen LogP contribution < -0.4 is 10.6 Å². The molecule has 5 unspecified atom stereocenters. The number of benzene rings is 1. The van der Waals surface area contributed by atoms with Crippen LogP contribution in [0.1, 0.15) is 37.8 Å². The molecule has 2 fully saturated rings. The minimum Gasteiger partial charge on any atom is -0.481 e. The fraction of sp³-hybridized carbons (Fsp3) is 0.409. The van der Waals surface area contributed by atoms with Crippen LogP contribution in [0.5, 0.6) is 0 Å². The molecule has 178 valence electrons. The van der Waals surface area contributed by atoms with Crippen molar-refractivity contribution in [2.75, 3.05) is 11.9 Å². The average molecular weight is 468 g/mol. The standard InChI is InChI=1S/C22H24N6O6/c1-2-23-22(31)27-18-15-19(25-10-24-18)28(11-26-15)20-17-16(13(32-20)8-9-14(29)30)33-21(34-17)12-6-4-3-5-7-12/h3-7,10-11,13,16-17,20-21H,2,8-9H2,1H3,(H,29,30)(H2,23,24,25,27,31). The molecule has 2 amide bonds. The molecular formula is C22H24N6O6. The average Bonchev–Trinajstić information content (AvgIpc) is 3.53. The van der Waals surface area contributed by atoms with E-state index in [4.69, 9.17) is 14.2 Å². The van der Waals surface area contributed by atoms with Gasteiger partial charge in [0.2, 0.25) is 0 Å². The Bertz CT molecular complexity index is 1190. The number of hydrogen-bond acceptors (Lipinski definition) is 8. The highest BCUT2D eigenvalue weighted by atomic mass is 16.8. The molecule has 0 bridgehead atoms. The Hall–Kier alpha value is -3.61. The van der Waals surface area contributed by atoms with Crippen molar-refractivity contribution in [3.05, 3.63) is 48.5 Å². The fourth-order valence-corrected chi connectivity index (χ4v) is 4.27. The Kier molecular flexibility index (Phi) is 6.09. The second kappa shape index (κ2) is 9.33. The Balaban J connectivity index is 1.45. The van der Waals surface area contributed by atoms with Gasteiger partial charge in [-0.3, -0.25) is 14.7 Å². The van der Waals surface area contributed by atoms with Gasteiger partial charge in [-0.05, 0) is 13.3 Å². The summed E-state index contributed by atoms with van der Waals surface area (Å²) in [5.74, 6) is -0.651. The second-order valence-corrected chi connectivity index (χ2v) is 7.97. The maximum Gasteiger partial charge on any atom is 0.320 e. The number of imidazole rings is 1. The summed E-state index contributed by atoms with van der Waals surface area (Å²) in [6.07, 6.45) is 0.337. The first kappa shape index (κ1) is 22.2. The molecular weight excluding hydrogens is 444 g/mol. The summed E-state index contributed by atoms with van der Waals surface area (Å²) in [7, 11) is 0. The van der Waals surface area contributed by atoms with Gasteiger partial charge in [-0.25, -0.2) is 19.7 Å². The lowest BCUT2D eigenvalue weighted by Gasteiger charge is -2.21. The van der Waals surface area contributed by atoms with Gasteiger partial charge in [-0.15, -0.1) is 0 Å². The number of carbonyl (C=O) groups is 2. The summed E-state index contributed by atoms with van der Waals surface area (Å²) in [5.41, 5.74) is 1.69. The normalized spacial score (nSPS) is 25.9. The molecule has 3 N–H and O–H groups in total. The van der Waals surface area contributed by atoms with Gasteiger partial charge < -0.3 is 24.6 Å². The summed E-state index contributed by atoms with van der Waals surface area (Å²) in [6.45, 7) is 2.27. The highest BCUT2D eigenvalue weighted by Crippen LogP contribution is 2.45. The van der Waals surface area contributed by atoms with E-state index in [0.29, 0.717) is 17.7 Å². The first-order chi connectivity index (χ1) is 16.5. The lowest BCUT2D eigenvalue weighted by Crippen LogP contribution is -2.29. The number of aromatic nitrogens is 4. The lowest BCUT2D eigenvalue weighted by atomic mass is 10.1. The van der Waals surface area contributed by atoms with E-state index in [1.165, 1.54) is 6.33 Å². The van der Waals surface area contributed by atoms with Gasteiger partial charge >= 0.3 is 12.0 Å².